The fourth-order valence-electron chi connectivity index (χ4n) is 3.64. The van der Waals surface area contributed by atoms with Crippen molar-refractivity contribution in [3.63, 3.8) is 0 Å². The molecule has 1 N–H and O–H groups in total. The van der Waals surface area contributed by atoms with Gasteiger partial charge in [-0.3, -0.25) is 14.3 Å². The number of rotatable bonds is 4. The standard InChI is InChI=1S/C15H22N2O2S2/c1-11(10-21(2)19)17-13(12-5-8-20-9-12)16-15(14(17)18)6-3-4-7-15/h5,8-9,11,13,16H,3-4,6-7,10H2,1-2H3. The van der Waals surface area contributed by atoms with Crippen molar-refractivity contribution in [2.75, 3.05) is 12.0 Å². The van der Waals surface area contributed by atoms with Crippen LogP contribution in [0.25, 0.3) is 0 Å². The van der Waals surface area contributed by atoms with E-state index in [9.17, 15) is 9.00 Å². The van der Waals surface area contributed by atoms with Gasteiger partial charge >= 0.3 is 0 Å². The second kappa shape index (κ2) is 5.82. The quantitative estimate of drug-likeness (QED) is 0.923. The predicted molar refractivity (Wildman–Crippen MR) is 86.6 cm³/mol. The van der Waals surface area contributed by atoms with Gasteiger partial charge in [0.05, 0.1) is 5.54 Å². The zero-order chi connectivity index (χ0) is 15.0. The van der Waals surface area contributed by atoms with E-state index in [1.807, 2.05) is 17.2 Å². The summed E-state index contributed by atoms with van der Waals surface area (Å²) in [7, 11) is -0.900. The van der Waals surface area contributed by atoms with E-state index in [0.717, 1.165) is 31.2 Å². The van der Waals surface area contributed by atoms with Crippen LogP contribution in [-0.4, -0.2) is 38.6 Å². The van der Waals surface area contributed by atoms with Crippen LogP contribution in [0.4, 0.5) is 0 Å². The highest BCUT2D eigenvalue weighted by Crippen LogP contribution is 2.42. The van der Waals surface area contributed by atoms with Gasteiger partial charge in [0.15, 0.2) is 0 Å². The Morgan fingerprint density at radius 2 is 2.24 bits per heavy atom. The van der Waals surface area contributed by atoms with E-state index >= 15 is 0 Å². The largest absolute Gasteiger partial charge is 0.318 e. The Labute approximate surface area is 132 Å². The lowest BCUT2D eigenvalue weighted by molar-refractivity contribution is -0.134. The van der Waals surface area contributed by atoms with Crippen LogP contribution in [0.1, 0.15) is 44.3 Å². The summed E-state index contributed by atoms with van der Waals surface area (Å²) in [6.07, 6.45) is 5.69. The number of nitrogens with one attached hydrogen (secondary N) is 1. The van der Waals surface area contributed by atoms with Crippen LogP contribution in [0.2, 0.25) is 0 Å². The van der Waals surface area contributed by atoms with E-state index in [2.05, 4.69) is 16.8 Å². The second-order valence-electron chi connectivity index (χ2n) is 6.19. The molecule has 3 rings (SSSR count). The third-order valence-corrected chi connectivity index (χ3v) is 6.26. The maximum absolute atomic E-state index is 13.0. The first-order chi connectivity index (χ1) is 10.0. The number of carbonyl (C=O) groups is 1. The van der Waals surface area contributed by atoms with Crippen LogP contribution >= 0.6 is 11.3 Å². The second-order valence-corrected chi connectivity index (χ2v) is 8.45. The van der Waals surface area contributed by atoms with E-state index < -0.39 is 10.8 Å². The normalized spacial score (nSPS) is 27.4. The monoisotopic (exact) mass is 326 g/mol. The molecule has 1 amide bonds. The fourth-order valence-corrected chi connectivity index (χ4v) is 5.16. The number of thiophene rings is 1. The van der Waals surface area contributed by atoms with Crippen molar-refractivity contribution in [3.05, 3.63) is 22.4 Å². The maximum atomic E-state index is 13.0. The Bertz CT molecular complexity index is 538. The molecule has 2 fully saturated rings. The highest BCUT2D eigenvalue weighted by atomic mass is 32.2. The first kappa shape index (κ1) is 15.2. The molecule has 1 aromatic heterocycles. The first-order valence-electron chi connectivity index (χ1n) is 7.46. The molecule has 1 aromatic rings. The van der Waals surface area contributed by atoms with Gasteiger partial charge < -0.3 is 4.90 Å². The Balaban J connectivity index is 1.92. The lowest BCUT2D eigenvalue weighted by Crippen LogP contribution is -2.46. The molecule has 3 unspecified atom stereocenters. The summed E-state index contributed by atoms with van der Waals surface area (Å²) in [6.45, 7) is 2.01. The Kier molecular flexibility index (Phi) is 4.21. The number of nitrogens with zero attached hydrogens (tertiary/aromatic N) is 1. The molecule has 2 heterocycles. The predicted octanol–water partition coefficient (Wildman–Crippen LogP) is 2.26. The zero-order valence-electron chi connectivity index (χ0n) is 12.5. The average Bonchev–Trinajstić information content (AvgIpc) is 3.13. The minimum atomic E-state index is -0.900. The van der Waals surface area contributed by atoms with E-state index in [-0.39, 0.29) is 23.7 Å². The van der Waals surface area contributed by atoms with Gasteiger partial charge in [-0.2, -0.15) is 11.3 Å². The molecule has 0 aromatic carbocycles. The van der Waals surface area contributed by atoms with E-state index in [0.29, 0.717) is 5.75 Å². The van der Waals surface area contributed by atoms with E-state index in [4.69, 9.17) is 0 Å². The smallest absolute Gasteiger partial charge is 0.244 e. The van der Waals surface area contributed by atoms with Crippen LogP contribution in [0.3, 0.4) is 0 Å². The molecule has 1 saturated carbocycles. The number of amides is 1. The van der Waals surface area contributed by atoms with Gasteiger partial charge in [-0.1, -0.05) is 12.8 Å². The van der Waals surface area contributed by atoms with Gasteiger partial charge in [-0.15, -0.1) is 0 Å². The number of hydrogen-bond donors (Lipinski definition) is 1. The Morgan fingerprint density at radius 1 is 1.52 bits per heavy atom. The zero-order valence-corrected chi connectivity index (χ0v) is 14.1. The lowest BCUT2D eigenvalue weighted by atomic mass is 9.98. The van der Waals surface area contributed by atoms with Crippen LogP contribution in [0.15, 0.2) is 16.8 Å². The molecule has 0 bridgehead atoms. The highest BCUT2D eigenvalue weighted by molar-refractivity contribution is 7.84. The van der Waals surface area contributed by atoms with Crippen molar-refractivity contribution in [1.82, 2.24) is 10.2 Å². The molecule has 1 saturated heterocycles. The van der Waals surface area contributed by atoms with Crippen LogP contribution in [0, 0.1) is 0 Å². The third-order valence-electron chi connectivity index (χ3n) is 4.60. The number of hydrogen-bond acceptors (Lipinski definition) is 4. The summed E-state index contributed by atoms with van der Waals surface area (Å²) in [6, 6.07) is 2.06. The maximum Gasteiger partial charge on any atom is 0.244 e. The fraction of sp³-hybridized carbons (Fsp3) is 0.667. The topological polar surface area (TPSA) is 49.4 Å². The molecular formula is C15H22N2O2S2. The molecule has 2 aliphatic rings. The Hall–Kier alpha value is -0.720. The van der Waals surface area contributed by atoms with E-state index in [1.165, 1.54) is 0 Å². The summed E-state index contributed by atoms with van der Waals surface area (Å²) in [5, 5.41) is 7.75. The van der Waals surface area contributed by atoms with E-state index in [1.54, 1.807) is 17.6 Å². The van der Waals surface area contributed by atoms with Gasteiger partial charge in [-0.25, -0.2) is 0 Å². The summed E-state index contributed by atoms with van der Waals surface area (Å²) in [4.78, 5) is 15.0. The molecule has 6 heteroatoms. The van der Waals surface area contributed by atoms with Crippen LogP contribution < -0.4 is 5.32 Å². The van der Waals surface area contributed by atoms with Gasteiger partial charge in [0, 0.05) is 28.9 Å². The molecular weight excluding hydrogens is 304 g/mol. The first-order valence-corrected chi connectivity index (χ1v) is 10.1. The molecule has 116 valence electrons. The minimum Gasteiger partial charge on any atom is -0.318 e. The van der Waals surface area contributed by atoms with Crippen molar-refractivity contribution in [1.29, 1.82) is 0 Å². The van der Waals surface area contributed by atoms with Crippen molar-refractivity contribution in [2.45, 2.75) is 50.4 Å². The van der Waals surface area contributed by atoms with Crippen molar-refractivity contribution in [3.8, 4) is 0 Å². The molecule has 0 radical (unpaired) electrons. The van der Waals surface area contributed by atoms with Gasteiger partial charge in [0.1, 0.15) is 6.17 Å². The number of carbonyl (C=O) groups excluding carboxylic acids is 1. The molecule has 4 nitrogen and oxygen atoms in total. The van der Waals surface area contributed by atoms with Crippen molar-refractivity contribution in [2.24, 2.45) is 0 Å². The molecule has 21 heavy (non-hydrogen) atoms. The van der Waals surface area contributed by atoms with Crippen LogP contribution in [-0.2, 0) is 15.6 Å². The van der Waals surface area contributed by atoms with Gasteiger partial charge in [0.25, 0.3) is 0 Å². The average molecular weight is 326 g/mol. The molecule has 1 spiro atoms. The summed E-state index contributed by atoms with van der Waals surface area (Å²) in [5.74, 6) is 0.735. The summed E-state index contributed by atoms with van der Waals surface area (Å²) < 4.78 is 11.6. The minimum absolute atomic E-state index is 0.0132. The summed E-state index contributed by atoms with van der Waals surface area (Å²) in [5.41, 5.74) is 0.765. The SMILES string of the molecule is CC(CS(C)=O)N1C(=O)C2(CCCC2)NC1c1ccsc1. The summed E-state index contributed by atoms with van der Waals surface area (Å²) >= 11 is 1.65. The molecule has 1 aliphatic heterocycles. The lowest BCUT2D eigenvalue weighted by Gasteiger charge is -2.29. The van der Waals surface area contributed by atoms with Gasteiger partial charge in [-0.05, 0) is 42.2 Å². The van der Waals surface area contributed by atoms with Crippen molar-refractivity contribution >= 4 is 28.0 Å². The Morgan fingerprint density at radius 3 is 2.81 bits per heavy atom. The van der Waals surface area contributed by atoms with Crippen molar-refractivity contribution < 1.29 is 9.00 Å². The third kappa shape index (κ3) is 2.69. The highest BCUT2D eigenvalue weighted by Gasteiger charge is 2.53. The van der Waals surface area contributed by atoms with Crippen LogP contribution in [0.5, 0.6) is 0 Å². The molecule has 3 atom stereocenters. The van der Waals surface area contributed by atoms with Gasteiger partial charge in [0.2, 0.25) is 5.91 Å². The molecule has 1 aliphatic carbocycles.